The third-order valence-corrected chi connectivity index (χ3v) is 4.46. The van der Waals surface area contributed by atoms with Crippen LogP contribution in [0.5, 0.6) is 5.75 Å². The summed E-state index contributed by atoms with van der Waals surface area (Å²) in [6, 6.07) is 15.7. The Morgan fingerprint density at radius 1 is 1.17 bits per heavy atom. The van der Waals surface area contributed by atoms with Crippen molar-refractivity contribution in [2.24, 2.45) is 0 Å². The van der Waals surface area contributed by atoms with Crippen LogP contribution in [0.15, 0.2) is 48.5 Å². The molecule has 1 heterocycles. The molecule has 0 radical (unpaired) electrons. The van der Waals surface area contributed by atoms with Crippen LogP contribution in [0.3, 0.4) is 0 Å². The summed E-state index contributed by atoms with van der Waals surface area (Å²) in [5, 5.41) is 3.51. The molecule has 1 N–H and O–H groups in total. The summed E-state index contributed by atoms with van der Waals surface area (Å²) >= 11 is 0. The number of para-hydroxylation sites is 1. The van der Waals surface area contributed by atoms with Gasteiger partial charge in [0.15, 0.2) is 0 Å². The van der Waals surface area contributed by atoms with Crippen molar-refractivity contribution in [3.05, 3.63) is 59.7 Å². The predicted molar refractivity (Wildman–Crippen MR) is 91.7 cm³/mol. The molecule has 0 spiro atoms. The molecule has 2 atom stereocenters. The lowest BCUT2D eigenvalue weighted by molar-refractivity contribution is 0.0593. The van der Waals surface area contributed by atoms with Gasteiger partial charge in [-0.25, -0.2) is 0 Å². The molecule has 0 bridgehead atoms. The van der Waals surface area contributed by atoms with Crippen LogP contribution in [0.2, 0.25) is 0 Å². The number of ether oxygens (including phenoxy) is 1. The lowest BCUT2D eigenvalue weighted by Crippen LogP contribution is -2.47. The van der Waals surface area contributed by atoms with Gasteiger partial charge >= 0.3 is 0 Å². The molecule has 0 unspecified atom stereocenters. The highest BCUT2D eigenvalue weighted by Gasteiger charge is 2.35. The molecule has 3 rings (SSSR count). The Kier molecular flexibility index (Phi) is 4.24. The Morgan fingerprint density at radius 2 is 1.87 bits per heavy atom. The molecule has 1 amide bonds. The van der Waals surface area contributed by atoms with E-state index in [0.29, 0.717) is 0 Å². The predicted octanol–water partition coefficient (Wildman–Crippen LogP) is 4.06. The second kappa shape index (κ2) is 6.32. The summed E-state index contributed by atoms with van der Waals surface area (Å²) < 4.78 is 5.23. The van der Waals surface area contributed by atoms with Gasteiger partial charge in [-0.1, -0.05) is 31.2 Å². The molecule has 0 aliphatic carbocycles. The van der Waals surface area contributed by atoms with E-state index in [1.807, 2.05) is 53.4 Å². The maximum Gasteiger partial charge on any atom is 0.258 e. The van der Waals surface area contributed by atoms with Gasteiger partial charge in [0.05, 0.1) is 12.7 Å². The SMILES string of the molecule is CC[C@@H](C)N1C(=O)c2ccccc2N[C@@H]1c1ccc(OC)cc1. The van der Waals surface area contributed by atoms with Gasteiger partial charge in [-0.05, 0) is 43.2 Å². The van der Waals surface area contributed by atoms with Crippen LogP contribution in [0.1, 0.15) is 42.4 Å². The molecule has 2 aromatic rings. The summed E-state index contributed by atoms with van der Waals surface area (Å²) in [7, 11) is 1.65. The van der Waals surface area contributed by atoms with Crippen molar-refractivity contribution in [1.82, 2.24) is 4.90 Å². The molecule has 4 nitrogen and oxygen atoms in total. The first-order valence-electron chi connectivity index (χ1n) is 7.98. The smallest absolute Gasteiger partial charge is 0.258 e. The van der Waals surface area contributed by atoms with E-state index in [4.69, 9.17) is 4.74 Å². The first kappa shape index (κ1) is 15.4. The Bertz CT molecular complexity index is 697. The van der Waals surface area contributed by atoms with E-state index in [-0.39, 0.29) is 18.1 Å². The Balaban J connectivity index is 2.03. The van der Waals surface area contributed by atoms with Gasteiger partial charge in [0.25, 0.3) is 5.91 Å². The molecule has 0 aromatic heterocycles. The quantitative estimate of drug-likeness (QED) is 0.926. The number of hydrogen-bond acceptors (Lipinski definition) is 3. The number of fused-ring (bicyclic) bond motifs is 1. The van der Waals surface area contributed by atoms with Crippen LogP contribution >= 0.6 is 0 Å². The lowest BCUT2D eigenvalue weighted by Gasteiger charge is -2.41. The molecule has 4 heteroatoms. The largest absolute Gasteiger partial charge is 0.497 e. The van der Waals surface area contributed by atoms with Crippen LogP contribution < -0.4 is 10.1 Å². The lowest BCUT2D eigenvalue weighted by atomic mass is 10.0. The average molecular weight is 310 g/mol. The van der Waals surface area contributed by atoms with E-state index in [0.717, 1.165) is 29.0 Å². The second-order valence-corrected chi connectivity index (χ2v) is 5.84. The summed E-state index contributed by atoms with van der Waals surface area (Å²) in [4.78, 5) is 14.9. The summed E-state index contributed by atoms with van der Waals surface area (Å²) in [6.07, 6.45) is 0.737. The first-order valence-corrected chi connectivity index (χ1v) is 7.98. The molecular weight excluding hydrogens is 288 g/mol. The van der Waals surface area contributed by atoms with Gasteiger partial charge in [0.1, 0.15) is 11.9 Å². The van der Waals surface area contributed by atoms with Crippen LogP contribution in [0, 0.1) is 0 Å². The fourth-order valence-electron chi connectivity index (χ4n) is 2.95. The number of methoxy groups -OCH3 is 1. The maximum atomic E-state index is 13.0. The third kappa shape index (κ3) is 2.77. The average Bonchev–Trinajstić information content (AvgIpc) is 2.61. The van der Waals surface area contributed by atoms with Crippen LogP contribution in [0.25, 0.3) is 0 Å². The topological polar surface area (TPSA) is 41.6 Å². The number of nitrogens with zero attached hydrogens (tertiary/aromatic N) is 1. The van der Waals surface area contributed by atoms with Crippen LogP contribution in [-0.4, -0.2) is 24.0 Å². The Hall–Kier alpha value is -2.49. The van der Waals surface area contributed by atoms with E-state index in [1.165, 1.54) is 0 Å². The van der Waals surface area contributed by atoms with Gasteiger partial charge in [-0.2, -0.15) is 0 Å². The summed E-state index contributed by atoms with van der Waals surface area (Å²) in [5.74, 6) is 0.890. The first-order chi connectivity index (χ1) is 11.2. The third-order valence-electron chi connectivity index (χ3n) is 4.46. The standard InChI is InChI=1S/C19H22N2O2/c1-4-13(2)21-18(14-9-11-15(23-3)12-10-14)20-17-8-6-5-7-16(17)19(21)22/h5-13,18,20H,4H2,1-3H3/t13-,18+/m1/s1. The van der Waals surface area contributed by atoms with Crippen molar-refractivity contribution in [1.29, 1.82) is 0 Å². The highest BCUT2D eigenvalue weighted by Crippen LogP contribution is 2.35. The number of hydrogen-bond donors (Lipinski definition) is 1. The fraction of sp³-hybridized carbons (Fsp3) is 0.316. The van der Waals surface area contributed by atoms with Gasteiger partial charge in [0.2, 0.25) is 0 Å². The monoisotopic (exact) mass is 310 g/mol. The summed E-state index contributed by atoms with van der Waals surface area (Å²) in [5.41, 5.74) is 2.67. The van der Waals surface area contributed by atoms with Gasteiger partial charge in [-0.15, -0.1) is 0 Å². The van der Waals surface area contributed by atoms with Crippen molar-refractivity contribution in [2.75, 3.05) is 12.4 Å². The van der Waals surface area contributed by atoms with Crippen molar-refractivity contribution in [2.45, 2.75) is 32.5 Å². The molecule has 0 fully saturated rings. The van der Waals surface area contributed by atoms with Gasteiger partial charge in [-0.3, -0.25) is 4.79 Å². The van der Waals surface area contributed by atoms with Gasteiger partial charge in [0, 0.05) is 11.7 Å². The zero-order chi connectivity index (χ0) is 16.4. The van der Waals surface area contributed by atoms with Crippen molar-refractivity contribution >= 4 is 11.6 Å². The van der Waals surface area contributed by atoms with E-state index < -0.39 is 0 Å². The van der Waals surface area contributed by atoms with E-state index in [2.05, 4.69) is 19.2 Å². The number of anilines is 1. The number of rotatable bonds is 4. The normalized spacial score (nSPS) is 18.1. The highest BCUT2D eigenvalue weighted by molar-refractivity contribution is 6.01. The minimum Gasteiger partial charge on any atom is -0.497 e. The molecule has 2 aromatic carbocycles. The molecule has 0 saturated carbocycles. The second-order valence-electron chi connectivity index (χ2n) is 5.84. The zero-order valence-electron chi connectivity index (χ0n) is 13.7. The number of benzene rings is 2. The number of nitrogens with one attached hydrogen (secondary N) is 1. The summed E-state index contributed by atoms with van der Waals surface area (Å²) in [6.45, 7) is 4.19. The minimum atomic E-state index is -0.168. The Morgan fingerprint density at radius 3 is 2.52 bits per heavy atom. The minimum absolute atomic E-state index is 0.0783. The van der Waals surface area contributed by atoms with Crippen molar-refractivity contribution < 1.29 is 9.53 Å². The molecule has 1 aliphatic heterocycles. The van der Waals surface area contributed by atoms with Crippen molar-refractivity contribution in [3.8, 4) is 5.75 Å². The zero-order valence-corrected chi connectivity index (χ0v) is 13.7. The molecule has 120 valence electrons. The fourth-order valence-corrected chi connectivity index (χ4v) is 2.95. The number of carbonyl (C=O) groups is 1. The highest BCUT2D eigenvalue weighted by atomic mass is 16.5. The van der Waals surface area contributed by atoms with E-state index in [1.54, 1.807) is 7.11 Å². The maximum absolute atomic E-state index is 13.0. The van der Waals surface area contributed by atoms with Crippen LogP contribution in [-0.2, 0) is 0 Å². The van der Waals surface area contributed by atoms with E-state index in [9.17, 15) is 4.79 Å². The number of carbonyl (C=O) groups excluding carboxylic acids is 1. The molecule has 0 saturated heterocycles. The molecule has 1 aliphatic rings. The molecular formula is C19H22N2O2. The molecule has 23 heavy (non-hydrogen) atoms. The van der Waals surface area contributed by atoms with E-state index >= 15 is 0 Å². The number of amides is 1. The van der Waals surface area contributed by atoms with Crippen LogP contribution in [0.4, 0.5) is 5.69 Å². The van der Waals surface area contributed by atoms with Gasteiger partial charge < -0.3 is 15.0 Å². The van der Waals surface area contributed by atoms with Crippen molar-refractivity contribution in [3.63, 3.8) is 0 Å². The Labute approximate surface area is 137 Å².